The second-order valence-corrected chi connectivity index (χ2v) is 3.19. The summed E-state index contributed by atoms with van der Waals surface area (Å²) < 4.78 is 0. The molecule has 14 heavy (non-hydrogen) atoms. The highest BCUT2D eigenvalue weighted by molar-refractivity contribution is 9.09. The largest absolute Gasteiger partial charge is 0.507 e. The van der Waals surface area contributed by atoms with E-state index in [0.29, 0.717) is 0 Å². The molecular formula is C9H7BrN2O2. The first kappa shape index (κ1) is 10.5. The number of carbonyl (C=O) groups is 1. The van der Waals surface area contributed by atoms with E-state index >= 15 is 0 Å². The van der Waals surface area contributed by atoms with Crippen LogP contribution in [-0.2, 0) is 0 Å². The smallest absolute Gasteiger partial charge is 0.178 e. The molecule has 4 nitrogen and oxygen atoms in total. The maximum absolute atomic E-state index is 11.3. The van der Waals surface area contributed by atoms with Crippen LogP contribution >= 0.6 is 15.9 Å². The molecule has 0 amide bonds. The third kappa shape index (κ3) is 1.86. The molecule has 5 heteroatoms. The summed E-state index contributed by atoms with van der Waals surface area (Å²) in [6.45, 7) is 0. The number of rotatable bonds is 2. The van der Waals surface area contributed by atoms with Gasteiger partial charge in [0.1, 0.15) is 11.8 Å². The highest BCUT2D eigenvalue weighted by atomic mass is 79.9. The van der Waals surface area contributed by atoms with Crippen molar-refractivity contribution in [1.29, 1.82) is 5.26 Å². The molecule has 0 aliphatic rings. The van der Waals surface area contributed by atoms with Gasteiger partial charge < -0.3 is 10.8 Å². The Balaban J connectivity index is 3.42. The van der Waals surface area contributed by atoms with E-state index in [1.165, 1.54) is 12.1 Å². The minimum atomic E-state index is -0.348. The number of nitrogen functional groups attached to an aromatic ring is 1. The Morgan fingerprint density at radius 2 is 2.29 bits per heavy atom. The first-order chi connectivity index (χ1) is 6.60. The molecule has 0 fully saturated rings. The van der Waals surface area contributed by atoms with Gasteiger partial charge in [-0.1, -0.05) is 15.9 Å². The van der Waals surface area contributed by atoms with E-state index in [9.17, 15) is 9.90 Å². The topological polar surface area (TPSA) is 87.1 Å². The number of hydrogen-bond acceptors (Lipinski definition) is 4. The summed E-state index contributed by atoms with van der Waals surface area (Å²) in [7, 11) is 0. The van der Waals surface area contributed by atoms with Crippen molar-refractivity contribution in [3.05, 3.63) is 23.3 Å². The molecule has 1 aromatic carbocycles. The monoisotopic (exact) mass is 254 g/mol. The predicted octanol–water partition coefficient (Wildman–Crippen LogP) is 1.42. The van der Waals surface area contributed by atoms with Gasteiger partial charge in [0, 0.05) is 11.8 Å². The van der Waals surface area contributed by atoms with Gasteiger partial charge in [-0.2, -0.15) is 5.26 Å². The maximum atomic E-state index is 11.3. The fraction of sp³-hybridized carbons (Fsp3) is 0.111. The van der Waals surface area contributed by atoms with Gasteiger partial charge in [0.25, 0.3) is 0 Å². The van der Waals surface area contributed by atoms with E-state index in [1.54, 1.807) is 0 Å². The molecule has 0 aliphatic heterocycles. The molecule has 0 saturated carbocycles. The SMILES string of the molecule is N#Cc1cc(N)cc(O)c1C(=O)CBr. The van der Waals surface area contributed by atoms with Gasteiger partial charge in [-0.25, -0.2) is 0 Å². The highest BCUT2D eigenvalue weighted by Crippen LogP contribution is 2.25. The molecule has 0 radical (unpaired) electrons. The minimum Gasteiger partial charge on any atom is -0.507 e. The highest BCUT2D eigenvalue weighted by Gasteiger charge is 2.15. The molecule has 0 unspecified atom stereocenters. The molecule has 3 N–H and O–H groups in total. The summed E-state index contributed by atoms with van der Waals surface area (Å²) in [4.78, 5) is 11.3. The molecule has 0 aliphatic carbocycles. The zero-order chi connectivity index (χ0) is 10.7. The molecule has 0 saturated heterocycles. The van der Waals surface area contributed by atoms with Crippen molar-refractivity contribution in [3.63, 3.8) is 0 Å². The summed E-state index contributed by atoms with van der Waals surface area (Å²) in [5, 5.41) is 18.2. The molecule has 0 heterocycles. The van der Waals surface area contributed by atoms with Crippen LogP contribution in [0, 0.1) is 11.3 Å². The lowest BCUT2D eigenvalue weighted by atomic mass is 10.0. The van der Waals surface area contributed by atoms with Crippen LogP contribution in [-0.4, -0.2) is 16.2 Å². The van der Waals surface area contributed by atoms with Crippen LogP contribution in [0.1, 0.15) is 15.9 Å². The summed E-state index contributed by atoms with van der Waals surface area (Å²) >= 11 is 2.97. The van der Waals surface area contributed by atoms with Crippen molar-refractivity contribution in [2.24, 2.45) is 0 Å². The number of benzene rings is 1. The predicted molar refractivity (Wildman–Crippen MR) is 55.4 cm³/mol. The third-order valence-corrected chi connectivity index (χ3v) is 2.17. The Hall–Kier alpha value is -1.54. The van der Waals surface area contributed by atoms with Crippen LogP contribution in [0.3, 0.4) is 0 Å². The summed E-state index contributed by atoms with van der Waals surface area (Å²) in [6, 6.07) is 4.41. The van der Waals surface area contributed by atoms with E-state index in [2.05, 4.69) is 15.9 Å². The number of phenolic OH excluding ortho intramolecular Hbond substituents is 1. The molecular weight excluding hydrogens is 248 g/mol. The van der Waals surface area contributed by atoms with Crippen LogP contribution in [0.4, 0.5) is 5.69 Å². The van der Waals surface area contributed by atoms with Gasteiger partial charge in [0.05, 0.1) is 16.5 Å². The first-order valence-electron chi connectivity index (χ1n) is 3.72. The van der Waals surface area contributed by atoms with Gasteiger partial charge in [0.15, 0.2) is 5.78 Å². The van der Waals surface area contributed by atoms with Gasteiger partial charge in [-0.05, 0) is 6.07 Å². The van der Waals surface area contributed by atoms with Crippen molar-refractivity contribution < 1.29 is 9.90 Å². The van der Waals surface area contributed by atoms with Gasteiger partial charge in [-0.3, -0.25) is 4.79 Å². The zero-order valence-corrected chi connectivity index (χ0v) is 8.71. The lowest BCUT2D eigenvalue weighted by Gasteiger charge is -2.04. The number of anilines is 1. The number of Topliss-reactive ketones (excluding diaryl/α,β-unsaturated/α-hetero) is 1. The first-order valence-corrected chi connectivity index (χ1v) is 4.84. The molecule has 0 bridgehead atoms. The fourth-order valence-electron chi connectivity index (χ4n) is 1.10. The van der Waals surface area contributed by atoms with Crippen molar-refractivity contribution >= 4 is 27.4 Å². The number of alkyl halides is 1. The number of hydrogen-bond donors (Lipinski definition) is 2. The molecule has 72 valence electrons. The average Bonchev–Trinajstić information content (AvgIpc) is 2.15. The van der Waals surface area contributed by atoms with E-state index in [1.807, 2.05) is 6.07 Å². The molecule has 0 spiro atoms. The summed E-state index contributed by atoms with van der Waals surface area (Å²) in [5.41, 5.74) is 5.77. The molecule has 1 aromatic rings. The number of carbonyl (C=O) groups excluding carboxylic acids is 1. The lowest BCUT2D eigenvalue weighted by molar-refractivity contribution is 0.102. The van der Waals surface area contributed by atoms with Crippen molar-refractivity contribution in [2.75, 3.05) is 11.1 Å². The van der Waals surface area contributed by atoms with Crippen molar-refractivity contribution in [1.82, 2.24) is 0 Å². The Morgan fingerprint density at radius 1 is 1.64 bits per heavy atom. The Morgan fingerprint density at radius 3 is 2.79 bits per heavy atom. The van der Waals surface area contributed by atoms with E-state index in [0.717, 1.165) is 0 Å². The second-order valence-electron chi connectivity index (χ2n) is 2.63. The zero-order valence-electron chi connectivity index (χ0n) is 7.12. The molecule has 0 atom stereocenters. The van der Waals surface area contributed by atoms with Crippen LogP contribution in [0.2, 0.25) is 0 Å². The van der Waals surface area contributed by atoms with E-state index in [4.69, 9.17) is 11.0 Å². The second kappa shape index (κ2) is 4.11. The Labute approximate surface area is 89.1 Å². The van der Waals surface area contributed by atoms with Gasteiger partial charge in [0.2, 0.25) is 0 Å². The standard InChI is InChI=1S/C9H7BrN2O2/c10-3-8(14)9-5(4-11)1-6(12)2-7(9)13/h1-2,13H,3,12H2. The molecule has 1 rings (SSSR count). The quantitative estimate of drug-likeness (QED) is 0.475. The number of phenols is 1. The van der Waals surface area contributed by atoms with Gasteiger partial charge in [-0.15, -0.1) is 0 Å². The Bertz CT molecular complexity index is 424. The lowest BCUT2D eigenvalue weighted by Crippen LogP contribution is -2.04. The number of nitrogens with two attached hydrogens (primary N) is 1. The van der Waals surface area contributed by atoms with Crippen LogP contribution in [0.15, 0.2) is 12.1 Å². The number of nitriles is 1. The van der Waals surface area contributed by atoms with Crippen molar-refractivity contribution in [3.8, 4) is 11.8 Å². The molecule has 0 aromatic heterocycles. The van der Waals surface area contributed by atoms with E-state index < -0.39 is 0 Å². The third-order valence-electron chi connectivity index (χ3n) is 1.66. The maximum Gasteiger partial charge on any atom is 0.178 e. The normalized spacial score (nSPS) is 9.43. The van der Waals surface area contributed by atoms with Crippen molar-refractivity contribution in [2.45, 2.75) is 0 Å². The van der Waals surface area contributed by atoms with Gasteiger partial charge >= 0.3 is 0 Å². The average molecular weight is 255 g/mol. The summed E-state index contributed by atoms with van der Waals surface area (Å²) in [6.07, 6.45) is 0. The van der Waals surface area contributed by atoms with E-state index in [-0.39, 0.29) is 33.7 Å². The summed E-state index contributed by atoms with van der Waals surface area (Å²) in [5.74, 6) is -0.606. The number of ketones is 1. The number of aromatic hydroxyl groups is 1. The Kier molecular flexibility index (Phi) is 3.10. The number of nitrogens with zero attached hydrogens (tertiary/aromatic N) is 1. The van der Waals surface area contributed by atoms with Crippen LogP contribution < -0.4 is 5.73 Å². The van der Waals surface area contributed by atoms with Crippen LogP contribution in [0.25, 0.3) is 0 Å². The fourth-order valence-corrected chi connectivity index (χ4v) is 1.38. The number of halogens is 1. The minimum absolute atomic E-state index is 0.0126. The van der Waals surface area contributed by atoms with Crippen LogP contribution in [0.5, 0.6) is 5.75 Å².